The Morgan fingerprint density at radius 3 is 1.80 bits per heavy atom. The average Bonchev–Trinajstić information content (AvgIpc) is 3.36. The van der Waals surface area contributed by atoms with E-state index in [1.807, 2.05) is 0 Å². The largest absolute Gasteiger partial charge is 0.464 e. The molecule has 4 fully saturated rings. The van der Waals surface area contributed by atoms with Crippen molar-refractivity contribution in [1.82, 2.24) is 0 Å². The van der Waals surface area contributed by atoms with Crippen LogP contribution < -0.4 is 4.74 Å². The molecule has 0 aromatic heterocycles. The summed E-state index contributed by atoms with van der Waals surface area (Å²) in [7, 11) is 0. The highest BCUT2D eigenvalue weighted by atomic mass is 16.7. The van der Waals surface area contributed by atoms with Crippen molar-refractivity contribution >= 4 is 0 Å². The lowest BCUT2D eigenvalue weighted by atomic mass is 9.76. The fraction of sp³-hybridized carbons (Fsp3) is 0.538. The molecule has 8 rings (SSSR count). The van der Waals surface area contributed by atoms with E-state index < -0.39 is 0 Å². The maximum absolute atomic E-state index is 7.39. The average molecular weight is 549 g/mol. The predicted molar refractivity (Wildman–Crippen MR) is 167 cm³/mol. The molecule has 0 spiro atoms. The molecule has 4 saturated carbocycles. The van der Waals surface area contributed by atoms with Crippen LogP contribution in [0.3, 0.4) is 0 Å². The molecule has 41 heavy (non-hydrogen) atoms. The molecule has 0 N–H and O–H groups in total. The summed E-state index contributed by atoms with van der Waals surface area (Å²) in [5.41, 5.74) is 6.96. The lowest BCUT2D eigenvalue weighted by Crippen LogP contribution is -2.44. The van der Waals surface area contributed by atoms with E-state index in [0.717, 1.165) is 29.9 Å². The van der Waals surface area contributed by atoms with Gasteiger partial charge in [0.05, 0.1) is 11.5 Å². The van der Waals surface area contributed by atoms with Gasteiger partial charge in [0.15, 0.2) is 0 Å². The minimum Gasteiger partial charge on any atom is -0.464 e. The Balaban J connectivity index is 1.23. The SMILES string of the molecule is CC(C)CC(CC(C)C)c1ccc(OC(OC23CC4CC(C2)C(C4)C3)C2c3ccccc3Cc3ccccc32)cc1. The summed E-state index contributed by atoms with van der Waals surface area (Å²) >= 11 is 0. The van der Waals surface area contributed by atoms with Crippen molar-refractivity contribution in [2.75, 3.05) is 0 Å². The van der Waals surface area contributed by atoms with Crippen molar-refractivity contribution in [2.45, 2.75) is 103 Å². The summed E-state index contributed by atoms with van der Waals surface area (Å²) in [6.07, 6.45) is 9.58. The molecule has 4 bridgehead atoms. The highest BCUT2D eigenvalue weighted by Gasteiger charge is 2.58. The summed E-state index contributed by atoms with van der Waals surface area (Å²) in [6.45, 7) is 9.37. The molecule has 5 aliphatic rings. The van der Waals surface area contributed by atoms with Crippen LogP contribution in [-0.4, -0.2) is 11.9 Å². The molecule has 3 aromatic carbocycles. The Bertz CT molecular complexity index is 1280. The molecule has 0 amide bonds. The molecule has 0 radical (unpaired) electrons. The van der Waals surface area contributed by atoms with Crippen LogP contribution in [0.5, 0.6) is 5.75 Å². The quantitative estimate of drug-likeness (QED) is 0.235. The molecule has 0 aliphatic heterocycles. The van der Waals surface area contributed by atoms with Gasteiger partial charge >= 0.3 is 0 Å². The Hall–Kier alpha value is -2.58. The van der Waals surface area contributed by atoms with Gasteiger partial charge in [-0.2, -0.15) is 0 Å². The first-order valence-electron chi connectivity index (χ1n) is 16.5. The zero-order valence-corrected chi connectivity index (χ0v) is 25.5. The minimum atomic E-state index is -0.346. The van der Waals surface area contributed by atoms with Gasteiger partial charge in [0, 0.05) is 0 Å². The van der Waals surface area contributed by atoms with E-state index in [1.54, 1.807) is 0 Å². The zero-order chi connectivity index (χ0) is 28.1. The van der Waals surface area contributed by atoms with Gasteiger partial charge in [0.2, 0.25) is 6.29 Å². The Morgan fingerprint density at radius 1 is 0.707 bits per heavy atom. The van der Waals surface area contributed by atoms with Crippen molar-refractivity contribution in [3.8, 4) is 5.75 Å². The third-order valence-corrected chi connectivity index (χ3v) is 10.8. The molecule has 0 heterocycles. The van der Waals surface area contributed by atoms with Gasteiger partial charge < -0.3 is 9.47 Å². The normalized spacial score (nSPS) is 27.0. The molecule has 0 saturated heterocycles. The number of hydrogen-bond donors (Lipinski definition) is 0. The van der Waals surface area contributed by atoms with Crippen LogP contribution in [0.4, 0.5) is 0 Å². The van der Waals surface area contributed by atoms with Crippen LogP contribution in [0, 0.1) is 29.6 Å². The molecule has 2 heteroatoms. The number of fused-ring (bicyclic) bond motifs is 2. The summed E-state index contributed by atoms with van der Waals surface area (Å²) in [6, 6.07) is 27.0. The summed E-state index contributed by atoms with van der Waals surface area (Å²) < 4.78 is 14.4. The Kier molecular flexibility index (Phi) is 7.26. The summed E-state index contributed by atoms with van der Waals surface area (Å²) in [5, 5.41) is 0. The van der Waals surface area contributed by atoms with Crippen LogP contribution in [0.25, 0.3) is 0 Å². The van der Waals surface area contributed by atoms with E-state index in [9.17, 15) is 0 Å². The first kappa shape index (κ1) is 27.3. The van der Waals surface area contributed by atoms with Gasteiger partial charge in [-0.15, -0.1) is 0 Å². The standard InChI is InChI=1S/C39H48O2/c1-25(2)17-31(18-26(3)4)28-13-15-34(16-14-28)40-38(41-39-22-27-19-32(23-39)33(20-27)24-39)37-35-11-7-5-9-29(35)21-30-10-6-8-12-36(30)37/h5-16,25-27,31-33,37-38H,17-24H2,1-4H3. The van der Waals surface area contributed by atoms with Crippen LogP contribution in [0.15, 0.2) is 72.8 Å². The van der Waals surface area contributed by atoms with Gasteiger partial charge in [0.25, 0.3) is 0 Å². The second kappa shape index (κ2) is 10.9. The molecule has 5 aliphatic carbocycles. The van der Waals surface area contributed by atoms with Crippen molar-refractivity contribution < 1.29 is 9.47 Å². The van der Waals surface area contributed by atoms with Crippen LogP contribution in [-0.2, 0) is 11.2 Å². The van der Waals surface area contributed by atoms with Crippen LogP contribution >= 0.6 is 0 Å². The summed E-state index contributed by atoms with van der Waals surface area (Å²) in [5.74, 6) is 5.53. The third kappa shape index (κ3) is 5.38. The minimum absolute atomic E-state index is 0.0257. The maximum Gasteiger partial charge on any atom is 0.211 e. The van der Waals surface area contributed by atoms with E-state index in [0.29, 0.717) is 17.8 Å². The molecule has 216 valence electrons. The van der Waals surface area contributed by atoms with E-state index in [-0.39, 0.29) is 17.8 Å². The molecule has 2 nitrogen and oxygen atoms in total. The predicted octanol–water partition coefficient (Wildman–Crippen LogP) is 9.90. The molecule has 3 aromatic rings. The van der Waals surface area contributed by atoms with Gasteiger partial charge in [-0.25, -0.2) is 0 Å². The Labute approximate surface area is 247 Å². The lowest BCUT2D eigenvalue weighted by molar-refractivity contribution is -0.194. The molecular formula is C39H48O2. The van der Waals surface area contributed by atoms with Crippen molar-refractivity contribution in [1.29, 1.82) is 0 Å². The van der Waals surface area contributed by atoms with E-state index in [4.69, 9.17) is 9.47 Å². The number of hydrogen-bond acceptors (Lipinski definition) is 2. The second-order valence-electron chi connectivity index (χ2n) is 14.8. The van der Waals surface area contributed by atoms with Crippen LogP contribution in [0.2, 0.25) is 0 Å². The molecular weight excluding hydrogens is 500 g/mol. The maximum atomic E-state index is 7.39. The Morgan fingerprint density at radius 2 is 1.27 bits per heavy atom. The molecule has 3 unspecified atom stereocenters. The smallest absolute Gasteiger partial charge is 0.211 e. The number of rotatable bonds is 10. The second-order valence-corrected chi connectivity index (χ2v) is 14.8. The van der Waals surface area contributed by atoms with Crippen molar-refractivity contribution in [2.24, 2.45) is 29.6 Å². The highest BCUT2D eigenvalue weighted by molar-refractivity contribution is 5.50. The van der Waals surface area contributed by atoms with Gasteiger partial charge in [-0.3, -0.25) is 0 Å². The first-order valence-corrected chi connectivity index (χ1v) is 16.5. The van der Waals surface area contributed by atoms with Crippen molar-refractivity contribution in [3.05, 3.63) is 101 Å². The summed E-state index contributed by atoms with van der Waals surface area (Å²) in [4.78, 5) is 0. The van der Waals surface area contributed by atoms with Gasteiger partial charge in [-0.05, 0) is 127 Å². The van der Waals surface area contributed by atoms with Crippen LogP contribution in [0.1, 0.15) is 112 Å². The highest BCUT2D eigenvalue weighted by Crippen LogP contribution is 2.62. The van der Waals surface area contributed by atoms with Crippen molar-refractivity contribution in [3.63, 3.8) is 0 Å². The molecule has 3 atom stereocenters. The topological polar surface area (TPSA) is 18.5 Å². The fourth-order valence-corrected chi connectivity index (χ4v) is 9.41. The first-order chi connectivity index (χ1) is 19.9. The van der Waals surface area contributed by atoms with E-state index in [1.165, 1.54) is 72.8 Å². The zero-order valence-electron chi connectivity index (χ0n) is 25.5. The number of benzene rings is 3. The van der Waals surface area contributed by atoms with E-state index in [2.05, 4.69) is 100 Å². The van der Waals surface area contributed by atoms with E-state index >= 15 is 0 Å². The number of ether oxygens (including phenoxy) is 2. The van der Waals surface area contributed by atoms with Gasteiger partial charge in [-0.1, -0.05) is 88.4 Å². The third-order valence-electron chi connectivity index (χ3n) is 10.8. The fourth-order valence-electron chi connectivity index (χ4n) is 9.41. The lowest BCUT2D eigenvalue weighted by Gasteiger charge is -2.43. The monoisotopic (exact) mass is 548 g/mol. The van der Waals surface area contributed by atoms with Gasteiger partial charge in [0.1, 0.15) is 5.75 Å².